The molecule has 0 bridgehead atoms. The van der Waals surface area contributed by atoms with Crippen molar-refractivity contribution in [2.24, 2.45) is 11.1 Å². The molecular formula is C21H31ClN2O4. The zero-order valence-corrected chi connectivity index (χ0v) is 17.2. The summed E-state index contributed by atoms with van der Waals surface area (Å²) < 4.78 is 16.5. The molecular weight excluding hydrogens is 380 g/mol. The van der Waals surface area contributed by atoms with Crippen LogP contribution in [0.1, 0.15) is 50.5 Å². The number of amides is 1. The van der Waals surface area contributed by atoms with Crippen LogP contribution in [0.5, 0.6) is 11.5 Å². The summed E-state index contributed by atoms with van der Waals surface area (Å²) in [7, 11) is 0. The summed E-state index contributed by atoms with van der Waals surface area (Å²) in [5, 5.41) is 3.27. The van der Waals surface area contributed by atoms with Gasteiger partial charge >= 0.3 is 0 Å². The molecule has 28 heavy (non-hydrogen) atoms. The Hall–Kier alpha value is -1.50. The molecule has 1 aromatic rings. The van der Waals surface area contributed by atoms with Crippen molar-refractivity contribution in [2.75, 3.05) is 33.1 Å². The Kier molecular flexibility index (Phi) is 6.73. The Morgan fingerprint density at radius 1 is 1.04 bits per heavy atom. The quantitative estimate of drug-likeness (QED) is 0.779. The first-order valence-electron chi connectivity index (χ1n) is 10.1. The number of carbonyl (C=O) groups is 1. The first-order valence-corrected chi connectivity index (χ1v) is 10.1. The average molecular weight is 411 g/mol. The molecule has 1 aliphatic carbocycles. The van der Waals surface area contributed by atoms with E-state index in [1.165, 1.54) is 24.8 Å². The van der Waals surface area contributed by atoms with E-state index in [4.69, 9.17) is 19.9 Å². The molecule has 3 aliphatic rings. The molecule has 3 N–H and O–H groups in total. The number of benzene rings is 1. The van der Waals surface area contributed by atoms with Crippen LogP contribution >= 0.6 is 12.4 Å². The van der Waals surface area contributed by atoms with E-state index in [-0.39, 0.29) is 30.5 Å². The molecule has 2 fully saturated rings. The highest BCUT2D eigenvalue weighted by Gasteiger charge is 2.41. The van der Waals surface area contributed by atoms with Crippen LogP contribution in [0.25, 0.3) is 0 Å². The molecule has 0 spiro atoms. The molecule has 2 heterocycles. The molecule has 1 saturated carbocycles. The molecule has 1 saturated heterocycles. The molecule has 156 valence electrons. The monoisotopic (exact) mass is 410 g/mol. The van der Waals surface area contributed by atoms with Crippen molar-refractivity contribution in [2.45, 2.75) is 50.4 Å². The lowest BCUT2D eigenvalue weighted by atomic mass is 9.69. The minimum absolute atomic E-state index is 0. The summed E-state index contributed by atoms with van der Waals surface area (Å²) in [6.45, 7) is 2.52. The second kappa shape index (κ2) is 8.89. The second-order valence-corrected chi connectivity index (χ2v) is 8.19. The summed E-state index contributed by atoms with van der Waals surface area (Å²) in [4.78, 5) is 13.1. The van der Waals surface area contributed by atoms with Crippen LogP contribution in [-0.4, -0.2) is 39.0 Å². The Labute approximate surface area is 172 Å². The Morgan fingerprint density at radius 3 is 2.46 bits per heavy atom. The van der Waals surface area contributed by atoms with E-state index in [0.717, 1.165) is 24.3 Å². The average Bonchev–Trinajstić information content (AvgIpc) is 3.21. The number of ether oxygens (including phenoxy) is 3. The molecule has 2 aliphatic heterocycles. The van der Waals surface area contributed by atoms with E-state index in [1.54, 1.807) is 0 Å². The maximum Gasteiger partial charge on any atom is 0.231 e. The van der Waals surface area contributed by atoms with Gasteiger partial charge in [0.05, 0.1) is 5.41 Å². The zero-order chi connectivity index (χ0) is 18.7. The number of hydrogen-bond acceptors (Lipinski definition) is 5. The first kappa shape index (κ1) is 21.2. The van der Waals surface area contributed by atoms with Gasteiger partial charge in [0, 0.05) is 31.7 Å². The molecule has 4 rings (SSSR count). The Bertz CT molecular complexity index is 685. The van der Waals surface area contributed by atoms with Gasteiger partial charge in [-0.25, -0.2) is 0 Å². The van der Waals surface area contributed by atoms with Crippen molar-refractivity contribution >= 4 is 18.3 Å². The molecule has 0 atom stereocenters. The minimum atomic E-state index is -0.483. The van der Waals surface area contributed by atoms with Gasteiger partial charge in [-0.3, -0.25) is 4.79 Å². The number of nitrogens with two attached hydrogens (primary N) is 1. The van der Waals surface area contributed by atoms with Crippen LogP contribution in [0.4, 0.5) is 0 Å². The highest BCUT2D eigenvalue weighted by molar-refractivity contribution is 5.85. The summed E-state index contributed by atoms with van der Waals surface area (Å²) in [6, 6.07) is 6.24. The zero-order valence-electron chi connectivity index (χ0n) is 16.3. The normalized spacial score (nSPS) is 22.2. The maximum absolute atomic E-state index is 13.1. The largest absolute Gasteiger partial charge is 0.454 e. The first-order chi connectivity index (χ1) is 13.2. The summed E-state index contributed by atoms with van der Waals surface area (Å²) in [6.07, 6.45) is 7.17. The van der Waals surface area contributed by atoms with Crippen molar-refractivity contribution in [1.29, 1.82) is 0 Å². The predicted molar refractivity (Wildman–Crippen MR) is 109 cm³/mol. The molecule has 0 unspecified atom stereocenters. The van der Waals surface area contributed by atoms with Crippen molar-refractivity contribution < 1.29 is 19.0 Å². The van der Waals surface area contributed by atoms with Crippen LogP contribution in [-0.2, 0) is 14.9 Å². The van der Waals surface area contributed by atoms with E-state index >= 15 is 0 Å². The van der Waals surface area contributed by atoms with Gasteiger partial charge in [-0.05, 0) is 43.4 Å². The standard InChI is InChI=1S/C21H30N2O4.ClH/c22-13-20(8-10-25-11-9-20)19(24)23-14-21(6-2-1-3-7-21)16-4-5-17-18(12-16)27-15-26-17;/h4-5,12H,1-3,6-11,13-15,22H2,(H,23,24);1H. The van der Waals surface area contributed by atoms with Gasteiger partial charge in [-0.1, -0.05) is 25.3 Å². The van der Waals surface area contributed by atoms with E-state index in [9.17, 15) is 4.79 Å². The maximum atomic E-state index is 13.1. The van der Waals surface area contributed by atoms with Gasteiger partial charge < -0.3 is 25.3 Å². The van der Waals surface area contributed by atoms with E-state index in [2.05, 4.69) is 17.4 Å². The number of carbonyl (C=O) groups excluding carboxylic acids is 1. The fraction of sp³-hybridized carbons (Fsp3) is 0.667. The Balaban J connectivity index is 0.00000225. The second-order valence-electron chi connectivity index (χ2n) is 8.19. The lowest BCUT2D eigenvalue weighted by Crippen LogP contribution is -2.52. The third kappa shape index (κ3) is 3.95. The fourth-order valence-electron chi connectivity index (χ4n) is 4.75. The smallest absolute Gasteiger partial charge is 0.231 e. The highest BCUT2D eigenvalue weighted by Crippen LogP contribution is 2.43. The fourth-order valence-corrected chi connectivity index (χ4v) is 4.75. The highest BCUT2D eigenvalue weighted by atomic mass is 35.5. The van der Waals surface area contributed by atoms with Crippen molar-refractivity contribution in [1.82, 2.24) is 5.32 Å². The molecule has 1 aromatic carbocycles. The number of halogens is 1. The van der Waals surface area contributed by atoms with E-state index in [0.29, 0.717) is 39.1 Å². The van der Waals surface area contributed by atoms with Crippen molar-refractivity contribution in [3.8, 4) is 11.5 Å². The van der Waals surface area contributed by atoms with Crippen LogP contribution in [0.2, 0.25) is 0 Å². The number of nitrogens with one attached hydrogen (secondary N) is 1. The lowest BCUT2D eigenvalue weighted by molar-refractivity contribution is -0.136. The van der Waals surface area contributed by atoms with Gasteiger partial charge in [0.25, 0.3) is 0 Å². The number of hydrogen-bond donors (Lipinski definition) is 2. The van der Waals surface area contributed by atoms with Gasteiger partial charge in [0.2, 0.25) is 12.7 Å². The lowest BCUT2D eigenvalue weighted by Gasteiger charge is -2.40. The molecule has 0 aromatic heterocycles. The topological polar surface area (TPSA) is 82.8 Å². The van der Waals surface area contributed by atoms with Crippen molar-refractivity contribution in [3.63, 3.8) is 0 Å². The predicted octanol–water partition coefficient (Wildman–Crippen LogP) is 2.91. The van der Waals surface area contributed by atoms with E-state index < -0.39 is 5.41 Å². The SMILES string of the molecule is Cl.NCC1(C(=O)NCC2(c3ccc4c(c3)OCO4)CCCCC2)CCOCC1. The van der Waals surface area contributed by atoms with Crippen LogP contribution in [0.15, 0.2) is 18.2 Å². The Morgan fingerprint density at radius 2 is 1.75 bits per heavy atom. The third-order valence-electron chi connectivity index (χ3n) is 6.71. The van der Waals surface area contributed by atoms with Crippen LogP contribution in [0.3, 0.4) is 0 Å². The molecule has 1 amide bonds. The van der Waals surface area contributed by atoms with Gasteiger partial charge in [0.15, 0.2) is 11.5 Å². The number of rotatable bonds is 5. The molecule has 7 heteroatoms. The van der Waals surface area contributed by atoms with Gasteiger partial charge in [0.1, 0.15) is 0 Å². The van der Waals surface area contributed by atoms with E-state index in [1.807, 2.05) is 6.07 Å². The molecule has 0 radical (unpaired) electrons. The summed E-state index contributed by atoms with van der Waals surface area (Å²) >= 11 is 0. The minimum Gasteiger partial charge on any atom is -0.454 e. The summed E-state index contributed by atoms with van der Waals surface area (Å²) in [5.74, 6) is 1.70. The number of fused-ring (bicyclic) bond motifs is 1. The summed E-state index contributed by atoms with van der Waals surface area (Å²) in [5.41, 5.74) is 6.71. The van der Waals surface area contributed by atoms with Crippen LogP contribution in [0, 0.1) is 5.41 Å². The third-order valence-corrected chi connectivity index (χ3v) is 6.71. The van der Waals surface area contributed by atoms with Gasteiger partial charge in [-0.15, -0.1) is 12.4 Å². The van der Waals surface area contributed by atoms with Gasteiger partial charge in [-0.2, -0.15) is 0 Å². The molecule has 6 nitrogen and oxygen atoms in total. The van der Waals surface area contributed by atoms with Crippen molar-refractivity contribution in [3.05, 3.63) is 23.8 Å². The van der Waals surface area contributed by atoms with Crippen LogP contribution < -0.4 is 20.5 Å².